The molecule has 22 atom stereocenters. The SMILES string of the molecule is COC(=O)C12OC(C3C4OC(C5C4C4OC5C5(C(F)(F)F)OC45C(F)(F)F)C31)C1C2C2OC1(C(=O)OC)C1C2C2OC1C1(C(F)(F)F)OC21C(F)(F)F. The Morgan fingerprint density at radius 1 is 0.453 bits per heavy atom. The molecule has 22 unspecified atom stereocenters. The third-order valence-corrected chi connectivity index (χ3v) is 15.5. The second-order valence-electron chi connectivity index (χ2n) is 16.3. The van der Waals surface area contributed by atoms with Crippen LogP contribution in [0.2, 0.25) is 0 Å². The predicted octanol–water partition coefficient (Wildman–Crippen LogP) is 2.17. The number of halogens is 12. The monoisotopic (exact) mass is 786 g/mol. The molecule has 12 rings (SSSR count). The average Bonchev–Trinajstić information content (AvgIpc) is 3.64. The van der Waals surface area contributed by atoms with E-state index in [0.29, 0.717) is 0 Å². The lowest BCUT2D eigenvalue weighted by Gasteiger charge is -2.51. The number of carbonyl (C=O) groups excluding carboxylic acids is 2. The Labute approximate surface area is 286 Å². The lowest BCUT2D eigenvalue weighted by Crippen LogP contribution is -2.71. The highest BCUT2D eigenvalue weighted by molar-refractivity contribution is 5.87. The number of esters is 2. The van der Waals surface area contributed by atoms with Crippen molar-refractivity contribution in [3.8, 4) is 0 Å². The Morgan fingerprint density at radius 3 is 1.28 bits per heavy atom. The Hall–Kier alpha value is -2.18. The first-order chi connectivity index (χ1) is 24.5. The maximum absolute atomic E-state index is 14.7. The van der Waals surface area contributed by atoms with Gasteiger partial charge in [0.05, 0.1) is 38.6 Å². The van der Waals surface area contributed by atoms with E-state index in [9.17, 15) is 62.3 Å². The van der Waals surface area contributed by atoms with Crippen molar-refractivity contribution in [3.63, 3.8) is 0 Å². The minimum absolute atomic E-state index is 0.848. The number of ether oxygens (including phenoxy) is 9. The molecule has 12 heterocycles. The van der Waals surface area contributed by atoms with E-state index < -0.39 is 166 Å². The van der Waals surface area contributed by atoms with Crippen LogP contribution in [0, 0.1) is 47.3 Å². The quantitative estimate of drug-likeness (QED) is 0.233. The Bertz CT molecular complexity index is 1840. The van der Waals surface area contributed by atoms with E-state index in [1.54, 1.807) is 0 Å². The first-order valence-corrected chi connectivity index (χ1v) is 16.7. The van der Waals surface area contributed by atoms with Gasteiger partial charge in [0.1, 0.15) is 24.4 Å². The zero-order valence-corrected chi connectivity index (χ0v) is 26.3. The largest absolute Gasteiger partial charge is 0.467 e. The minimum Gasteiger partial charge on any atom is -0.467 e. The summed E-state index contributed by atoms with van der Waals surface area (Å²) >= 11 is 0. The predicted molar refractivity (Wildman–Crippen MR) is 130 cm³/mol. The van der Waals surface area contributed by atoms with E-state index in [0.717, 1.165) is 14.2 Å². The molecule has 10 bridgehead atoms. The molecule has 12 fully saturated rings. The van der Waals surface area contributed by atoms with Crippen molar-refractivity contribution in [2.45, 2.75) is 107 Å². The molecule has 0 aromatic rings. The van der Waals surface area contributed by atoms with Gasteiger partial charge in [-0.15, -0.1) is 0 Å². The van der Waals surface area contributed by atoms with Crippen LogP contribution in [0.1, 0.15) is 0 Å². The molecule has 0 spiro atoms. The van der Waals surface area contributed by atoms with Gasteiger partial charge in [-0.3, -0.25) is 0 Å². The van der Waals surface area contributed by atoms with E-state index >= 15 is 0 Å². The fourth-order valence-electron chi connectivity index (χ4n) is 14.6. The van der Waals surface area contributed by atoms with Crippen LogP contribution in [-0.2, 0) is 52.2 Å². The van der Waals surface area contributed by atoms with Gasteiger partial charge in [-0.05, 0) is 0 Å². The normalized spacial score (nSPS) is 63.0. The molecule has 0 saturated carbocycles. The Balaban J connectivity index is 1.01. The van der Waals surface area contributed by atoms with Crippen LogP contribution in [0.5, 0.6) is 0 Å². The number of alkyl halides is 12. The van der Waals surface area contributed by atoms with Gasteiger partial charge in [-0.1, -0.05) is 0 Å². The van der Waals surface area contributed by atoms with Gasteiger partial charge < -0.3 is 42.6 Å². The lowest BCUT2D eigenvalue weighted by atomic mass is 9.44. The molecule has 0 radical (unpaired) electrons. The fraction of sp³-hybridized carbons (Fsp3) is 0.933. The standard InChI is InChI=1S/C30H22F12O11/c1-45-19(43)21-7-5(11-3-4(12(7)47-11)16-24(28(34,35)36)23(52-24,15(3)48-16)27(31,32)33)13(50-21)9-10(21)14-6-8(22(9,51-14)20(44)46-2)18-26(30(40,41)42)25(53-26,17(6)49-18)29(37,38)39/h3-18H,1-2H3. The molecule has 0 amide bonds. The molecular formula is C30H22F12O11. The zero-order valence-electron chi connectivity index (χ0n) is 26.3. The number of epoxide rings is 2. The molecule has 0 N–H and O–H groups in total. The van der Waals surface area contributed by atoms with Crippen molar-refractivity contribution in [2.24, 2.45) is 47.3 Å². The summed E-state index contributed by atoms with van der Waals surface area (Å²) in [7, 11) is 1.76. The number of hydrogen-bond acceptors (Lipinski definition) is 11. The van der Waals surface area contributed by atoms with Gasteiger partial charge in [-0.25, -0.2) is 9.59 Å². The minimum atomic E-state index is -5.67. The topological polar surface area (TPSA) is 124 Å². The van der Waals surface area contributed by atoms with Crippen molar-refractivity contribution in [3.05, 3.63) is 0 Å². The third kappa shape index (κ3) is 2.59. The first kappa shape index (κ1) is 33.0. The van der Waals surface area contributed by atoms with Crippen LogP contribution in [0.15, 0.2) is 0 Å². The molecule has 53 heavy (non-hydrogen) atoms. The van der Waals surface area contributed by atoms with Crippen molar-refractivity contribution in [1.82, 2.24) is 0 Å². The van der Waals surface area contributed by atoms with E-state index in [4.69, 9.17) is 42.6 Å². The fourth-order valence-corrected chi connectivity index (χ4v) is 14.6. The van der Waals surface area contributed by atoms with Gasteiger partial charge in [0.2, 0.25) is 22.4 Å². The van der Waals surface area contributed by atoms with Gasteiger partial charge >= 0.3 is 36.6 Å². The summed E-state index contributed by atoms with van der Waals surface area (Å²) in [5.74, 6) is -14.4. The van der Waals surface area contributed by atoms with Crippen LogP contribution >= 0.6 is 0 Å². The summed E-state index contributed by atoms with van der Waals surface area (Å²) in [6.45, 7) is 0. The average molecular weight is 786 g/mol. The van der Waals surface area contributed by atoms with Crippen LogP contribution in [-0.4, -0.2) is 133 Å². The molecular weight excluding hydrogens is 764 g/mol. The molecule has 12 aliphatic rings. The maximum Gasteiger partial charge on any atom is 0.423 e. The van der Waals surface area contributed by atoms with Gasteiger partial charge in [-0.2, -0.15) is 52.7 Å². The van der Waals surface area contributed by atoms with E-state index in [1.165, 1.54) is 0 Å². The molecule has 12 saturated heterocycles. The molecule has 12 aliphatic heterocycles. The van der Waals surface area contributed by atoms with E-state index in [2.05, 4.69) is 0 Å². The third-order valence-electron chi connectivity index (χ3n) is 15.5. The van der Waals surface area contributed by atoms with Gasteiger partial charge in [0.15, 0.2) is 11.2 Å². The van der Waals surface area contributed by atoms with Gasteiger partial charge in [0, 0.05) is 47.3 Å². The van der Waals surface area contributed by atoms with Crippen molar-refractivity contribution in [1.29, 1.82) is 0 Å². The summed E-state index contributed by atoms with van der Waals surface area (Å²) in [4.78, 5) is 28.1. The smallest absolute Gasteiger partial charge is 0.423 e. The maximum atomic E-state index is 14.7. The van der Waals surface area contributed by atoms with Crippen LogP contribution in [0.25, 0.3) is 0 Å². The van der Waals surface area contributed by atoms with Crippen molar-refractivity contribution >= 4 is 11.9 Å². The molecule has 23 heteroatoms. The number of hydrogen-bond donors (Lipinski definition) is 0. The molecule has 292 valence electrons. The second kappa shape index (κ2) is 8.13. The van der Waals surface area contributed by atoms with E-state index in [-0.39, 0.29) is 0 Å². The number of carbonyl (C=O) groups is 2. The van der Waals surface area contributed by atoms with Gasteiger partial charge in [0.25, 0.3) is 0 Å². The van der Waals surface area contributed by atoms with Crippen LogP contribution < -0.4 is 0 Å². The summed E-state index contributed by atoms with van der Waals surface area (Å²) in [5, 5.41) is 0. The molecule has 0 aromatic heterocycles. The second-order valence-corrected chi connectivity index (χ2v) is 16.3. The summed E-state index contributed by atoms with van der Waals surface area (Å²) in [6.07, 6.45) is -37.8. The van der Waals surface area contributed by atoms with Crippen molar-refractivity contribution in [2.75, 3.05) is 14.2 Å². The number of rotatable bonds is 2. The highest BCUT2D eigenvalue weighted by atomic mass is 19.4. The highest BCUT2D eigenvalue weighted by Crippen LogP contribution is 2.87. The zero-order chi connectivity index (χ0) is 37.8. The first-order valence-electron chi connectivity index (χ1n) is 16.7. The van der Waals surface area contributed by atoms with Crippen LogP contribution in [0.3, 0.4) is 0 Å². The van der Waals surface area contributed by atoms with Crippen molar-refractivity contribution < 1.29 is 105 Å². The highest BCUT2D eigenvalue weighted by Gasteiger charge is 3.09. The molecule has 0 aromatic carbocycles. The summed E-state index contributed by atoms with van der Waals surface area (Å²) < 4.78 is 225. The van der Waals surface area contributed by atoms with Crippen LogP contribution in [0.4, 0.5) is 52.7 Å². The molecule has 11 nitrogen and oxygen atoms in total. The summed E-state index contributed by atoms with van der Waals surface area (Å²) in [5.41, 5.74) is -20.3. The number of methoxy groups -OCH3 is 2. The van der Waals surface area contributed by atoms with E-state index in [1.807, 2.05) is 0 Å². The Kier molecular flexibility index (Phi) is 5.07. The summed E-state index contributed by atoms with van der Waals surface area (Å²) in [6, 6.07) is 0. The Morgan fingerprint density at radius 2 is 0.830 bits per heavy atom. The molecule has 0 aliphatic carbocycles. The lowest BCUT2D eigenvalue weighted by molar-refractivity contribution is -0.225. The number of fused-ring (bicyclic) bond motifs is 36.